The van der Waals surface area contributed by atoms with Crippen LogP contribution in [0.3, 0.4) is 0 Å². The smallest absolute Gasteiger partial charge is 0.237 e. The van der Waals surface area contributed by atoms with E-state index in [0.717, 1.165) is 19.4 Å². The second-order valence-corrected chi connectivity index (χ2v) is 5.81. The van der Waals surface area contributed by atoms with E-state index in [-0.39, 0.29) is 17.5 Å². The van der Waals surface area contributed by atoms with Crippen molar-refractivity contribution in [1.82, 2.24) is 10.6 Å². The Morgan fingerprint density at radius 3 is 2.62 bits per heavy atom. The Kier molecular flexibility index (Phi) is 3.53. The van der Waals surface area contributed by atoms with Gasteiger partial charge < -0.3 is 10.6 Å². The molecule has 1 aliphatic heterocycles. The van der Waals surface area contributed by atoms with E-state index in [4.69, 9.17) is 0 Å². The predicted octanol–water partition coefficient (Wildman–Crippen LogP) is 1.82. The Morgan fingerprint density at radius 1 is 1.31 bits per heavy atom. The summed E-state index contributed by atoms with van der Waals surface area (Å²) in [4.78, 5) is 12.2. The highest BCUT2D eigenvalue weighted by Gasteiger charge is 2.34. The third-order valence-electron chi connectivity index (χ3n) is 4.18. The molecule has 0 aromatic carbocycles. The molecule has 1 heterocycles. The van der Waals surface area contributed by atoms with Crippen LogP contribution in [0.15, 0.2) is 0 Å². The lowest BCUT2D eigenvalue weighted by atomic mass is 9.91. The van der Waals surface area contributed by atoms with Gasteiger partial charge in [-0.15, -0.1) is 0 Å². The minimum atomic E-state index is 0.0335. The quantitative estimate of drug-likeness (QED) is 0.751. The standard InChI is InChI=1S/C13H24N2O/c1-10-6-5-9-14-11(10)12(16)15-13(2)7-3-4-8-13/h10-11,14H,3-9H2,1-2H3,(H,15,16). The lowest BCUT2D eigenvalue weighted by Gasteiger charge is -2.33. The molecule has 3 nitrogen and oxygen atoms in total. The van der Waals surface area contributed by atoms with Crippen LogP contribution in [-0.4, -0.2) is 24.0 Å². The lowest BCUT2D eigenvalue weighted by molar-refractivity contribution is -0.126. The molecule has 16 heavy (non-hydrogen) atoms. The zero-order valence-electron chi connectivity index (χ0n) is 10.5. The Morgan fingerprint density at radius 2 is 2.00 bits per heavy atom. The predicted molar refractivity (Wildman–Crippen MR) is 65.2 cm³/mol. The van der Waals surface area contributed by atoms with Crippen LogP contribution in [0.4, 0.5) is 0 Å². The van der Waals surface area contributed by atoms with Gasteiger partial charge in [0.1, 0.15) is 0 Å². The highest BCUT2D eigenvalue weighted by atomic mass is 16.2. The number of amides is 1. The molecule has 1 saturated carbocycles. The van der Waals surface area contributed by atoms with Gasteiger partial charge in [0.25, 0.3) is 0 Å². The molecule has 2 aliphatic rings. The van der Waals surface area contributed by atoms with E-state index in [1.54, 1.807) is 0 Å². The minimum absolute atomic E-state index is 0.0335. The van der Waals surface area contributed by atoms with Crippen LogP contribution >= 0.6 is 0 Å². The van der Waals surface area contributed by atoms with Crippen molar-refractivity contribution in [2.75, 3.05) is 6.54 Å². The second-order valence-electron chi connectivity index (χ2n) is 5.81. The van der Waals surface area contributed by atoms with Gasteiger partial charge in [-0.1, -0.05) is 19.8 Å². The maximum atomic E-state index is 12.2. The molecule has 2 N–H and O–H groups in total. The second kappa shape index (κ2) is 4.74. The molecule has 0 radical (unpaired) electrons. The van der Waals surface area contributed by atoms with Gasteiger partial charge >= 0.3 is 0 Å². The number of carbonyl (C=O) groups excluding carboxylic acids is 1. The Bertz CT molecular complexity index is 259. The Balaban J connectivity index is 1.91. The van der Waals surface area contributed by atoms with Crippen molar-refractivity contribution in [2.45, 2.75) is 64.0 Å². The van der Waals surface area contributed by atoms with Gasteiger partial charge in [-0.05, 0) is 45.1 Å². The summed E-state index contributed by atoms with van der Waals surface area (Å²) in [7, 11) is 0. The molecule has 3 heteroatoms. The van der Waals surface area contributed by atoms with Gasteiger partial charge in [-0.2, -0.15) is 0 Å². The normalized spacial score (nSPS) is 33.6. The molecule has 0 bridgehead atoms. The number of carbonyl (C=O) groups is 1. The molecular weight excluding hydrogens is 200 g/mol. The minimum Gasteiger partial charge on any atom is -0.350 e. The average molecular weight is 224 g/mol. The molecule has 1 aliphatic carbocycles. The van der Waals surface area contributed by atoms with Crippen LogP contribution in [0.1, 0.15) is 52.4 Å². The van der Waals surface area contributed by atoms with Crippen LogP contribution < -0.4 is 10.6 Å². The fraction of sp³-hybridized carbons (Fsp3) is 0.923. The third-order valence-corrected chi connectivity index (χ3v) is 4.18. The summed E-state index contributed by atoms with van der Waals surface area (Å²) in [5, 5.41) is 6.60. The monoisotopic (exact) mass is 224 g/mol. The van der Waals surface area contributed by atoms with Crippen LogP contribution in [0, 0.1) is 5.92 Å². The number of hydrogen-bond acceptors (Lipinski definition) is 2. The molecule has 0 aromatic heterocycles. The van der Waals surface area contributed by atoms with Gasteiger partial charge in [0.05, 0.1) is 6.04 Å². The van der Waals surface area contributed by atoms with Gasteiger partial charge in [0.2, 0.25) is 5.91 Å². The van der Waals surface area contributed by atoms with Crippen molar-refractivity contribution in [2.24, 2.45) is 5.92 Å². The molecule has 0 spiro atoms. The zero-order valence-corrected chi connectivity index (χ0v) is 10.5. The number of hydrogen-bond donors (Lipinski definition) is 2. The largest absolute Gasteiger partial charge is 0.350 e. The SMILES string of the molecule is CC1CCCNC1C(=O)NC1(C)CCCC1. The van der Waals surface area contributed by atoms with E-state index < -0.39 is 0 Å². The fourth-order valence-electron chi connectivity index (χ4n) is 3.06. The fourth-order valence-corrected chi connectivity index (χ4v) is 3.06. The van der Waals surface area contributed by atoms with E-state index in [1.807, 2.05) is 0 Å². The summed E-state index contributed by atoms with van der Waals surface area (Å²) in [5.41, 5.74) is 0.0654. The van der Waals surface area contributed by atoms with E-state index in [1.165, 1.54) is 25.7 Å². The Hall–Kier alpha value is -0.570. The van der Waals surface area contributed by atoms with Gasteiger partial charge in [0, 0.05) is 5.54 Å². The van der Waals surface area contributed by atoms with Crippen molar-refractivity contribution in [3.8, 4) is 0 Å². The van der Waals surface area contributed by atoms with E-state index >= 15 is 0 Å². The first-order valence-electron chi connectivity index (χ1n) is 6.66. The third kappa shape index (κ3) is 2.57. The number of nitrogens with one attached hydrogen (secondary N) is 2. The van der Waals surface area contributed by atoms with Crippen LogP contribution in [0.5, 0.6) is 0 Å². The first-order valence-corrected chi connectivity index (χ1v) is 6.66. The molecular formula is C13H24N2O. The van der Waals surface area contributed by atoms with E-state index in [2.05, 4.69) is 24.5 Å². The average Bonchev–Trinajstić information content (AvgIpc) is 2.65. The summed E-state index contributed by atoms with van der Waals surface area (Å²) in [6.45, 7) is 5.35. The summed E-state index contributed by atoms with van der Waals surface area (Å²) >= 11 is 0. The first kappa shape index (κ1) is 11.9. The van der Waals surface area contributed by atoms with Crippen molar-refractivity contribution in [1.29, 1.82) is 0 Å². The maximum absolute atomic E-state index is 12.2. The van der Waals surface area contributed by atoms with Crippen molar-refractivity contribution >= 4 is 5.91 Å². The number of rotatable bonds is 2. The zero-order chi connectivity index (χ0) is 11.6. The van der Waals surface area contributed by atoms with E-state index in [0.29, 0.717) is 5.92 Å². The van der Waals surface area contributed by atoms with Crippen molar-refractivity contribution < 1.29 is 4.79 Å². The highest BCUT2D eigenvalue weighted by molar-refractivity contribution is 5.82. The molecule has 92 valence electrons. The highest BCUT2D eigenvalue weighted by Crippen LogP contribution is 2.29. The van der Waals surface area contributed by atoms with Gasteiger partial charge in [-0.3, -0.25) is 4.79 Å². The lowest BCUT2D eigenvalue weighted by Crippen LogP contribution is -2.56. The van der Waals surface area contributed by atoms with Crippen LogP contribution in [-0.2, 0) is 4.79 Å². The first-order chi connectivity index (χ1) is 7.61. The molecule has 2 rings (SSSR count). The van der Waals surface area contributed by atoms with Gasteiger partial charge in [-0.25, -0.2) is 0 Å². The summed E-state index contributed by atoms with van der Waals surface area (Å²) in [5.74, 6) is 0.690. The van der Waals surface area contributed by atoms with Gasteiger partial charge in [0.15, 0.2) is 0 Å². The molecule has 1 saturated heterocycles. The molecule has 2 unspecified atom stereocenters. The van der Waals surface area contributed by atoms with E-state index in [9.17, 15) is 4.79 Å². The summed E-state index contributed by atoms with van der Waals surface area (Å²) in [6, 6.07) is 0.0335. The molecule has 2 fully saturated rings. The van der Waals surface area contributed by atoms with Crippen LogP contribution in [0.25, 0.3) is 0 Å². The molecule has 0 aromatic rings. The summed E-state index contributed by atoms with van der Waals surface area (Å²) < 4.78 is 0. The van der Waals surface area contributed by atoms with Crippen molar-refractivity contribution in [3.05, 3.63) is 0 Å². The van der Waals surface area contributed by atoms with Crippen molar-refractivity contribution in [3.63, 3.8) is 0 Å². The van der Waals surface area contributed by atoms with Crippen LogP contribution in [0.2, 0.25) is 0 Å². The molecule has 2 atom stereocenters. The molecule has 1 amide bonds. The summed E-state index contributed by atoms with van der Waals surface area (Å²) in [6.07, 6.45) is 7.15. The Labute approximate surface area is 98.4 Å². The number of piperidine rings is 1. The topological polar surface area (TPSA) is 41.1 Å². The maximum Gasteiger partial charge on any atom is 0.237 e.